The Bertz CT molecular complexity index is 790. The summed E-state index contributed by atoms with van der Waals surface area (Å²) in [5, 5.41) is 0.315. The highest BCUT2D eigenvalue weighted by atomic mass is 35.5. The number of nitrogens with zero attached hydrogens (tertiary/aromatic N) is 4. The Balaban J connectivity index is 1.78. The summed E-state index contributed by atoms with van der Waals surface area (Å²) in [5.41, 5.74) is 1.20. The molecule has 23 heavy (non-hydrogen) atoms. The molecule has 0 amide bonds. The molecule has 1 aliphatic heterocycles. The summed E-state index contributed by atoms with van der Waals surface area (Å²) in [4.78, 5) is 24.6. The van der Waals surface area contributed by atoms with Gasteiger partial charge in [0.1, 0.15) is 23.7 Å². The molecule has 1 saturated heterocycles. The average Bonchev–Trinajstić information content (AvgIpc) is 3.09. The standard InChI is InChI=1S/C15H17ClN4O3/c1-7(21)8-4-9(12-11(8)22-15(2,3)23-12)20-6-19-10-13(16)17-5-18-14(10)20/h5-6,8-9,11-12H,4H2,1-3H3/t8-,9-,11-,12+/m1/s1. The Morgan fingerprint density at radius 1 is 1.30 bits per heavy atom. The van der Waals surface area contributed by atoms with Gasteiger partial charge >= 0.3 is 0 Å². The third-order valence-corrected chi connectivity index (χ3v) is 4.91. The summed E-state index contributed by atoms with van der Waals surface area (Å²) in [6.45, 7) is 5.33. The third kappa shape index (κ3) is 2.26. The molecule has 2 aromatic heterocycles. The molecule has 4 atom stereocenters. The van der Waals surface area contributed by atoms with Crippen molar-refractivity contribution in [2.24, 2.45) is 5.92 Å². The molecule has 122 valence electrons. The summed E-state index contributed by atoms with van der Waals surface area (Å²) >= 11 is 6.08. The topological polar surface area (TPSA) is 79.1 Å². The third-order valence-electron chi connectivity index (χ3n) is 4.63. The number of ketones is 1. The SMILES string of the molecule is CC(=O)[C@H]1C[C@@H](n2cnc3c(Cl)ncnc32)[C@@H]2OC(C)(C)O[C@@H]21. The first-order valence-electron chi connectivity index (χ1n) is 7.56. The second kappa shape index (κ2) is 4.96. The Kier molecular flexibility index (Phi) is 3.23. The number of hydrogen-bond donors (Lipinski definition) is 0. The Morgan fingerprint density at radius 2 is 2.04 bits per heavy atom. The van der Waals surface area contributed by atoms with Gasteiger partial charge in [0.05, 0.1) is 18.5 Å². The highest BCUT2D eigenvalue weighted by Crippen LogP contribution is 2.47. The highest BCUT2D eigenvalue weighted by Gasteiger charge is 2.56. The Morgan fingerprint density at radius 3 is 2.78 bits per heavy atom. The van der Waals surface area contributed by atoms with Gasteiger partial charge in [0, 0.05) is 5.92 Å². The van der Waals surface area contributed by atoms with Crippen molar-refractivity contribution < 1.29 is 14.3 Å². The monoisotopic (exact) mass is 336 g/mol. The molecule has 0 aromatic carbocycles. The predicted molar refractivity (Wildman–Crippen MR) is 82.0 cm³/mol. The Labute approximate surface area is 138 Å². The summed E-state index contributed by atoms with van der Waals surface area (Å²) in [5.74, 6) is -0.785. The molecule has 3 heterocycles. The molecule has 0 radical (unpaired) electrons. The van der Waals surface area contributed by atoms with Gasteiger partial charge in [-0.3, -0.25) is 4.79 Å². The molecule has 1 saturated carbocycles. The molecule has 2 fully saturated rings. The number of aromatic nitrogens is 4. The van der Waals surface area contributed by atoms with Crippen LogP contribution in [0.5, 0.6) is 0 Å². The van der Waals surface area contributed by atoms with E-state index in [0.29, 0.717) is 22.7 Å². The number of fused-ring (bicyclic) bond motifs is 2. The van der Waals surface area contributed by atoms with E-state index in [-0.39, 0.29) is 30.0 Å². The van der Waals surface area contributed by atoms with Crippen LogP contribution in [0.25, 0.3) is 11.2 Å². The van der Waals surface area contributed by atoms with E-state index in [1.54, 1.807) is 13.3 Å². The van der Waals surface area contributed by atoms with Gasteiger partial charge < -0.3 is 14.0 Å². The van der Waals surface area contributed by atoms with Crippen LogP contribution in [0.15, 0.2) is 12.7 Å². The largest absolute Gasteiger partial charge is 0.344 e. The van der Waals surface area contributed by atoms with Crippen LogP contribution in [0.4, 0.5) is 0 Å². The van der Waals surface area contributed by atoms with E-state index in [1.165, 1.54) is 6.33 Å². The molecule has 8 heteroatoms. The van der Waals surface area contributed by atoms with E-state index in [9.17, 15) is 4.79 Å². The molecule has 2 aliphatic rings. The lowest BCUT2D eigenvalue weighted by Gasteiger charge is -2.23. The summed E-state index contributed by atoms with van der Waals surface area (Å²) in [7, 11) is 0. The number of hydrogen-bond acceptors (Lipinski definition) is 6. The van der Waals surface area contributed by atoms with Gasteiger partial charge in [-0.25, -0.2) is 15.0 Å². The second-order valence-corrected chi connectivity index (χ2v) is 6.93. The molecule has 0 N–H and O–H groups in total. The van der Waals surface area contributed by atoms with E-state index in [4.69, 9.17) is 21.1 Å². The predicted octanol–water partition coefficient (Wildman–Crippen LogP) is 2.15. The molecular formula is C15H17ClN4O3. The lowest BCUT2D eigenvalue weighted by Crippen LogP contribution is -2.29. The van der Waals surface area contributed by atoms with Gasteiger partial charge in [0.25, 0.3) is 0 Å². The zero-order valence-electron chi connectivity index (χ0n) is 13.1. The van der Waals surface area contributed by atoms with Crippen LogP contribution in [-0.4, -0.2) is 43.3 Å². The first-order chi connectivity index (χ1) is 10.9. The van der Waals surface area contributed by atoms with E-state index < -0.39 is 5.79 Å². The first kappa shape index (κ1) is 15.0. The maximum Gasteiger partial charge on any atom is 0.165 e. The van der Waals surface area contributed by atoms with Crippen LogP contribution in [-0.2, 0) is 14.3 Å². The van der Waals surface area contributed by atoms with Crippen molar-refractivity contribution >= 4 is 28.5 Å². The zero-order chi connectivity index (χ0) is 16.4. The van der Waals surface area contributed by atoms with Crippen LogP contribution < -0.4 is 0 Å². The molecular weight excluding hydrogens is 320 g/mol. The fourth-order valence-corrected chi connectivity index (χ4v) is 3.87. The van der Waals surface area contributed by atoms with E-state index >= 15 is 0 Å². The molecule has 1 aliphatic carbocycles. The molecule has 2 aromatic rings. The lowest BCUT2D eigenvalue weighted by atomic mass is 10.0. The van der Waals surface area contributed by atoms with Crippen LogP contribution >= 0.6 is 11.6 Å². The van der Waals surface area contributed by atoms with Crippen LogP contribution in [0.1, 0.15) is 33.2 Å². The van der Waals surface area contributed by atoms with Crippen LogP contribution in [0.3, 0.4) is 0 Å². The number of Topliss-reactive ketones (excluding diaryl/α,β-unsaturated/α-hetero) is 1. The van der Waals surface area contributed by atoms with Gasteiger partial charge in [0.15, 0.2) is 16.6 Å². The van der Waals surface area contributed by atoms with Gasteiger partial charge in [-0.2, -0.15) is 0 Å². The van der Waals surface area contributed by atoms with Crippen molar-refractivity contribution in [2.45, 2.75) is 51.2 Å². The molecule has 0 unspecified atom stereocenters. The fraction of sp³-hybridized carbons (Fsp3) is 0.600. The van der Waals surface area contributed by atoms with Gasteiger partial charge in [-0.1, -0.05) is 11.6 Å². The molecule has 4 rings (SSSR count). The number of rotatable bonds is 2. The quantitative estimate of drug-likeness (QED) is 0.782. The minimum atomic E-state index is -0.704. The number of imidazole rings is 1. The van der Waals surface area contributed by atoms with Crippen LogP contribution in [0.2, 0.25) is 5.15 Å². The minimum absolute atomic E-state index is 0.0772. The van der Waals surface area contributed by atoms with Gasteiger partial charge in [-0.15, -0.1) is 0 Å². The van der Waals surface area contributed by atoms with E-state index in [2.05, 4.69) is 15.0 Å². The zero-order valence-corrected chi connectivity index (χ0v) is 13.8. The fourth-order valence-electron chi connectivity index (χ4n) is 3.69. The van der Waals surface area contributed by atoms with Crippen molar-refractivity contribution in [1.82, 2.24) is 19.5 Å². The van der Waals surface area contributed by atoms with Crippen molar-refractivity contribution in [3.8, 4) is 0 Å². The normalized spacial score (nSPS) is 32.3. The van der Waals surface area contributed by atoms with Crippen molar-refractivity contribution in [3.63, 3.8) is 0 Å². The number of carbonyl (C=O) groups excluding carboxylic acids is 1. The average molecular weight is 337 g/mol. The van der Waals surface area contributed by atoms with Gasteiger partial charge in [-0.05, 0) is 27.2 Å². The number of carbonyl (C=O) groups is 1. The highest BCUT2D eigenvalue weighted by molar-refractivity contribution is 6.33. The van der Waals surface area contributed by atoms with E-state index in [0.717, 1.165) is 0 Å². The van der Waals surface area contributed by atoms with Crippen LogP contribution in [0, 0.1) is 5.92 Å². The maximum absolute atomic E-state index is 12.0. The lowest BCUT2D eigenvalue weighted by molar-refractivity contribution is -0.162. The smallest absolute Gasteiger partial charge is 0.165 e. The number of ether oxygens (including phenoxy) is 2. The molecule has 0 bridgehead atoms. The van der Waals surface area contributed by atoms with Crippen molar-refractivity contribution in [2.75, 3.05) is 0 Å². The second-order valence-electron chi connectivity index (χ2n) is 6.57. The molecule has 0 spiro atoms. The number of halogens is 1. The molecule has 7 nitrogen and oxygen atoms in total. The van der Waals surface area contributed by atoms with Crippen molar-refractivity contribution in [3.05, 3.63) is 17.8 Å². The van der Waals surface area contributed by atoms with E-state index in [1.807, 2.05) is 18.4 Å². The first-order valence-corrected chi connectivity index (χ1v) is 7.94. The Hall–Kier alpha value is -1.57. The summed E-state index contributed by atoms with van der Waals surface area (Å²) in [6, 6.07) is -0.0772. The summed E-state index contributed by atoms with van der Waals surface area (Å²) < 4.78 is 14.0. The minimum Gasteiger partial charge on any atom is -0.344 e. The summed E-state index contributed by atoms with van der Waals surface area (Å²) in [6.07, 6.45) is 3.26. The maximum atomic E-state index is 12.0. The van der Waals surface area contributed by atoms with Gasteiger partial charge in [0.2, 0.25) is 0 Å². The van der Waals surface area contributed by atoms with Crippen molar-refractivity contribution in [1.29, 1.82) is 0 Å².